The average molecular weight is 268 g/mol. The number of piperazine rings is 1. The van der Waals surface area contributed by atoms with E-state index in [1.54, 1.807) is 0 Å². The molecule has 1 saturated heterocycles. The number of hydrogen-bond acceptors (Lipinski definition) is 2. The first-order chi connectivity index (χ1) is 9.75. The lowest BCUT2D eigenvalue weighted by molar-refractivity contribution is 0.117. The summed E-state index contributed by atoms with van der Waals surface area (Å²) in [6.07, 6.45) is 0. The maximum atomic E-state index is 3.53. The molecule has 0 saturated carbocycles. The van der Waals surface area contributed by atoms with Crippen LogP contribution in [0.3, 0.4) is 0 Å². The lowest BCUT2D eigenvalue weighted by Crippen LogP contribution is -2.52. The second kappa shape index (κ2) is 5.94. The summed E-state index contributed by atoms with van der Waals surface area (Å²) < 4.78 is 0. The van der Waals surface area contributed by atoms with Crippen molar-refractivity contribution in [2.45, 2.75) is 26.4 Å². The number of hydrogen-bond donors (Lipinski definition) is 1. The second-order valence-corrected chi connectivity index (χ2v) is 6.12. The van der Waals surface area contributed by atoms with E-state index in [1.165, 1.54) is 16.3 Å². The molecule has 1 aliphatic rings. The predicted molar refractivity (Wildman–Crippen MR) is 85.9 cm³/mol. The van der Waals surface area contributed by atoms with E-state index in [0.717, 1.165) is 26.2 Å². The number of benzene rings is 2. The summed E-state index contributed by atoms with van der Waals surface area (Å²) in [7, 11) is 0. The molecule has 0 aliphatic carbocycles. The molecule has 1 aliphatic heterocycles. The van der Waals surface area contributed by atoms with Gasteiger partial charge in [0.1, 0.15) is 0 Å². The summed E-state index contributed by atoms with van der Waals surface area (Å²) in [6.45, 7) is 9.08. The molecule has 1 fully saturated rings. The van der Waals surface area contributed by atoms with Crippen molar-refractivity contribution >= 4 is 10.8 Å². The third-order valence-corrected chi connectivity index (χ3v) is 4.42. The van der Waals surface area contributed by atoms with Gasteiger partial charge in [-0.2, -0.15) is 0 Å². The van der Waals surface area contributed by atoms with Gasteiger partial charge in [0.15, 0.2) is 0 Å². The first-order valence-electron chi connectivity index (χ1n) is 7.67. The molecule has 3 rings (SSSR count). The van der Waals surface area contributed by atoms with E-state index in [0.29, 0.717) is 12.0 Å². The van der Waals surface area contributed by atoms with Crippen molar-refractivity contribution in [2.24, 2.45) is 5.92 Å². The molecule has 0 spiro atoms. The fraction of sp³-hybridized carbons (Fsp3) is 0.444. The summed E-state index contributed by atoms with van der Waals surface area (Å²) in [4.78, 5) is 2.64. The Bertz CT molecular complexity index is 571. The van der Waals surface area contributed by atoms with Crippen molar-refractivity contribution < 1.29 is 0 Å². The van der Waals surface area contributed by atoms with Gasteiger partial charge >= 0.3 is 0 Å². The highest BCUT2D eigenvalue weighted by Crippen LogP contribution is 2.22. The zero-order chi connectivity index (χ0) is 13.9. The standard InChI is InChI=1S/C18H24N2/c1-14(2)18-12-19-10-11-20(18)13-16-8-5-7-15-6-3-4-9-17(15)16/h3-9,14,18-19H,10-13H2,1-2H3. The molecule has 1 N–H and O–H groups in total. The smallest absolute Gasteiger partial charge is 0.0247 e. The Morgan fingerprint density at radius 1 is 1.15 bits per heavy atom. The van der Waals surface area contributed by atoms with Crippen LogP contribution < -0.4 is 5.32 Å². The molecule has 2 aromatic rings. The largest absolute Gasteiger partial charge is 0.314 e. The zero-order valence-electron chi connectivity index (χ0n) is 12.5. The van der Waals surface area contributed by atoms with Crippen molar-refractivity contribution in [1.29, 1.82) is 0 Å². The van der Waals surface area contributed by atoms with Crippen LogP contribution in [0.4, 0.5) is 0 Å². The normalized spacial score (nSPS) is 20.6. The molecular weight excluding hydrogens is 244 g/mol. The lowest BCUT2D eigenvalue weighted by Gasteiger charge is -2.38. The van der Waals surface area contributed by atoms with Crippen molar-refractivity contribution in [3.8, 4) is 0 Å². The summed E-state index contributed by atoms with van der Waals surface area (Å²) in [5.74, 6) is 0.692. The van der Waals surface area contributed by atoms with Gasteiger partial charge in [-0.1, -0.05) is 56.3 Å². The van der Waals surface area contributed by atoms with E-state index < -0.39 is 0 Å². The third-order valence-electron chi connectivity index (χ3n) is 4.42. The van der Waals surface area contributed by atoms with Crippen LogP contribution in [0.25, 0.3) is 10.8 Å². The van der Waals surface area contributed by atoms with Crippen LogP contribution in [0.1, 0.15) is 19.4 Å². The second-order valence-electron chi connectivity index (χ2n) is 6.12. The third kappa shape index (κ3) is 2.72. The molecule has 106 valence electrons. The number of nitrogens with zero attached hydrogens (tertiary/aromatic N) is 1. The molecule has 0 aromatic heterocycles. The van der Waals surface area contributed by atoms with Crippen LogP contribution in [-0.2, 0) is 6.54 Å². The van der Waals surface area contributed by atoms with Crippen LogP contribution in [0.2, 0.25) is 0 Å². The van der Waals surface area contributed by atoms with E-state index in [9.17, 15) is 0 Å². The van der Waals surface area contributed by atoms with Crippen molar-refractivity contribution in [3.63, 3.8) is 0 Å². The van der Waals surface area contributed by atoms with Gasteiger partial charge < -0.3 is 5.32 Å². The number of nitrogens with one attached hydrogen (secondary N) is 1. The summed E-state index contributed by atoms with van der Waals surface area (Å²) in [6, 6.07) is 16.0. The Kier molecular flexibility index (Phi) is 4.04. The van der Waals surface area contributed by atoms with Crippen LogP contribution in [-0.4, -0.2) is 30.6 Å². The van der Waals surface area contributed by atoms with E-state index in [2.05, 4.69) is 66.5 Å². The molecule has 2 nitrogen and oxygen atoms in total. The Morgan fingerprint density at radius 3 is 2.80 bits per heavy atom. The highest BCUT2D eigenvalue weighted by Gasteiger charge is 2.24. The highest BCUT2D eigenvalue weighted by atomic mass is 15.2. The Hall–Kier alpha value is -1.38. The SMILES string of the molecule is CC(C)C1CNCCN1Cc1cccc2ccccc12. The summed E-state index contributed by atoms with van der Waals surface area (Å²) >= 11 is 0. The molecule has 1 unspecified atom stereocenters. The quantitative estimate of drug-likeness (QED) is 0.919. The van der Waals surface area contributed by atoms with Crippen LogP contribution in [0, 0.1) is 5.92 Å². The van der Waals surface area contributed by atoms with Crippen LogP contribution in [0.5, 0.6) is 0 Å². The van der Waals surface area contributed by atoms with Crippen molar-refractivity contribution in [3.05, 3.63) is 48.0 Å². The zero-order valence-corrected chi connectivity index (χ0v) is 12.5. The maximum absolute atomic E-state index is 3.53. The average Bonchev–Trinajstić information content (AvgIpc) is 2.48. The highest BCUT2D eigenvalue weighted by molar-refractivity contribution is 5.85. The monoisotopic (exact) mass is 268 g/mol. The first kappa shape index (κ1) is 13.6. The van der Waals surface area contributed by atoms with Crippen LogP contribution in [0.15, 0.2) is 42.5 Å². The van der Waals surface area contributed by atoms with E-state index in [4.69, 9.17) is 0 Å². The van der Waals surface area contributed by atoms with Crippen molar-refractivity contribution in [1.82, 2.24) is 10.2 Å². The molecule has 20 heavy (non-hydrogen) atoms. The molecule has 0 amide bonds. The molecular formula is C18H24N2. The summed E-state index contributed by atoms with van der Waals surface area (Å²) in [5, 5.41) is 6.27. The maximum Gasteiger partial charge on any atom is 0.0247 e. The molecule has 1 heterocycles. The Morgan fingerprint density at radius 2 is 1.95 bits per heavy atom. The molecule has 1 atom stereocenters. The molecule has 0 radical (unpaired) electrons. The van der Waals surface area contributed by atoms with Gasteiger partial charge in [-0.15, -0.1) is 0 Å². The van der Waals surface area contributed by atoms with Gasteiger partial charge in [-0.25, -0.2) is 0 Å². The Labute approximate surface area is 121 Å². The molecule has 2 aromatic carbocycles. The Balaban J connectivity index is 1.88. The first-order valence-corrected chi connectivity index (χ1v) is 7.67. The fourth-order valence-electron chi connectivity index (χ4n) is 3.27. The number of rotatable bonds is 3. The molecule has 2 heteroatoms. The summed E-state index contributed by atoms with van der Waals surface area (Å²) in [5.41, 5.74) is 1.45. The fourth-order valence-corrected chi connectivity index (χ4v) is 3.27. The van der Waals surface area contributed by atoms with Gasteiger partial charge in [-0.3, -0.25) is 4.90 Å². The van der Waals surface area contributed by atoms with Gasteiger partial charge in [0.25, 0.3) is 0 Å². The minimum absolute atomic E-state index is 0.641. The lowest BCUT2D eigenvalue weighted by atomic mass is 9.98. The van der Waals surface area contributed by atoms with Gasteiger partial charge in [-0.05, 0) is 22.3 Å². The van der Waals surface area contributed by atoms with Gasteiger partial charge in [0.2, 0.25) is 0 Å². The van der Waals surface area contributed by atoms with Gasteiger partial charge in [0.05, 0.1) is 0 Å². The minimum atomic E-state index is 0.641. The van der Waals surface area contributed by atoms with E-state index in [1.807, 2.05) is 0 Å². The van der Waals surface area contributed by atoms with E-state index >= 15 is 0 Å². The number of fused-ring (bicyclic) bond motifs is 1. The van der Waals surface area contributed by atoms with E-state index in [-0.39, 0.29) is 0 Å². The molecule has 0 bridgehead atoms. The van der Waals surface area contributed by atoms with Gasteiger partial charge in [0, 0.05) is 32.2 Å². The minimum Gasteiger partial charge on any atom is -0.314 e. The predicted octanol–water partition coefficient (Wildman–Crippen LogP) is 3.27. The topological polar surface area (TPSA) is 15.3 Å². The van der Waals surface area contributed by atoms with Crippen LogP contribution >= 0.6 is 0 Å². The van der Waals surface area contributed by atoms with Crippen molar-refractivity contribution in [2.75, 3.05) is 19.6 Å².